The lowest BCUT2D eigenvalue weighted by Crippen LogP contribution is -2.49. The van der Waals surface area contributed by atoms with Gasteiger partial charge in [-0.05, 0) is 36.1 Å². The molecule has 1 unspecified atom stereocenters. The van der Waals surface area contributed by atoms with E-state index in [9.17, 15) is 14.4 Å². The van der Waals surface area contributed by atoms with E-state index in [-0.39, 0.29) is 55.0 Å². The molecule has 3 aliphatic rings. The van der Waals surface area contributed by atoms with Gasteiger partial charge in [0.2, 0.25) is 11.8 Å². The fourth-order valence-electron chi connectivity index (χ4n) is 4.46. The van der Waals surface area contributed by atoms with Gasteiger partial charge in [0.15, 0.2) is 0 Å². The van der Waals surface area contributed by atoms with E-state index in [1.807, 2.05) is 24.3 Å². The van der Waals surface area contributed by atoms with E-state index in [4.69, 9.17) is 12.2 Å². The van der Waals surface area contributed by atoms with E-state index in [0.717, 1.165) is 11.1 Å². The van der Waals surface area contributed by atoms with Crippen LogP contribution in [0.4, 0.5) is 0 Å². The molecule has 2 fully saturated rings. The van der Waals surface area contributed by atoms with Crippen LogP contribution in [0, 0.1) is 0 Å². The Labute approximate surface area is 200 Å². The van der Waals surface area contributed by atoms with Gasteiger partial charge in [0.05, 0.1) is 15.9 Å². The predicted octanol–water partition coefficient (Wildman–Crippen LogP) is 2.37. The third-order valence-electron chi connectivity index (χ3n) is 6.36. The summed E-state index contributed by atoms with van der Waals surface area (Å²) in [6.07, 6.45) is 1.04. The summed E-state index contributed by atoms with van der Waals surface area (Å²) in [6, 6.07) is 8.31. The van der Waals surface area contributed by atoms with Crippen LogP contribution in [0.5, 0.6) is 5.75 Å². The number of fused-ring (bicyclic) bond motifs is 1. The number of ether oxygens (including phenoxy) is 2. The third-order valence-corrected chi connectivity index (χ3v) is 6.36. The van der Waals surface area contributed by atoms with Crippen LogP contribution in [0.3, 0.4) is 0 Å². The molecule has 2 aromatic carbocycles. The number of rotatable bonds is 6. The van der Waals surface area contributed by atoms with Crippen molar-refractivity contribution in [3.63, 3.8) is 0 Å². The first kappa shape index (κ1) is 19.8. The lowest BCUT2D eigenvalue weighted by atomic mass is 10.0. The monoisotopic (exact) mass is 463 g/mol. The number of benzene rings is 2. The highest BCUT2D eigenvalue weighted by molar-refractivity contribution is 6.02. The highest BCUT2D eigenvalue weighted by Crippen LogP contribution is 2.34. The minimum absolute atomic E-state index is 0.0253. The summed E-state index contributed by atoms with van der Waals surface area (Å²) in [5.74, 6) is -0.455. The number of nitrogens with zero attached hydrogens (tertiary/aromatic N) is 2. The summed E-state index contributed by atoms with van der Waals surface area (Å²) >= 11 is 0. The van der Waals surface area contributed by atoms with E-state index < -0.39 is 11.9 Å². The number of allylic oxidation sites excluding steroid dienone is 1. The van der Waals surface area contributed by atoms with Crippen molar-refractivity contribution in [1.82, 2.24) is 15.1 Å². The first-order valence-electron chi connectivity index (χ1n) is 12.3. The topological polar surface area (TPSA) is 88.2 Å². The second kappa shape index (κ2) is 9.30. The first-order chi connectivity index (χ1) is 17.3. The Hall–Kier alpha value is -3.65. The van der Waals surface area contributed by atoms with Gasteiger partial charge in [0, 0.05) is 29.9 Å². The highest BCUT2D eigenvalue weighted by Gasteiger charge is 2.39. The predicted molar refractivity (Wildman–Crippen MR) is 124 cm³/mol. The van der Waals surface area contributed by atoms with Crippen LogP contribution in [0.1, 0.15) is 42.6 Å². The quantitative estimate of drug-likeness (QED) is 0.711. The molecule has 1 N–H and O–H groups in total. The van der Waals surface area contributed by atoms with Crippen molar-refractivity contribution in [2.75, 3.05) is 19.8 Å². The zero-order chi connectivity index (χ0) is 25.4. The molecule has 0 saturated carbocycles. The van der Waals surface area contributed by atoms with Crippen molar-refractivity contribution in [2.24, 2.45) is 0 Å². The molecule has 2 aromatic rings. The average Bonchev–Trinajstić information content (AvgIpc) is 3.18. The lowest BCUT2D eigenvalue weighted by Gasteiger charge is -2.31. The van der Waals surface area contributed by atoms with Gasteiger partial charge in [-0.25, -0.2) is 0 Å². The van der Waals surface area contributed by atoms with Crippen molar-refractivity contribution >= 4 is 17.7 Å². The number of carbonyl (C=O) groups excluding carboxylic acids is 3. The molecule has 0 bridgehead atoms. The third kappa shape index (κ3) is 4.41. The molecule has 176 valence electrons. The second-order valence-corrected chi connectivity index (χ2v) is 8.67. The molecule has 5 rings (SSSR count). The van der Waals surface area contributed by atoms with Crippen LogP contribution in [-0.4, -0.2) is 53.3 Å². The average molecular weight is 464 g/mol. The summed E-state index contributed by atoms with van der Waals surface area (Å²) in [5.41, 5.74) is 3.13. The van der Waals surface area contributed by atoms with Crippen LogP contribution in [0.2, 0.25) is 0 Å². The molecule has 8 nitrogen and oxygen atoms in total. The van der Waals surface area contributed by atoms with Crippen LogP contribution >= 0.6 is 0 Å². The molecule has 0 aromatic heterocycles. The first-order valence-corrected chi connectivity index (χ1v) is 11.3. The number of hydrogen-bond acceptors (Lipinski definition) is 5. The minimum atomic E-state index is -0.650. The SMILES string of the molecule is [2H]c1cc([2H])c2c(c1OCc1ccc(CN3CCOCC3=O)cc1)CN(C1CCC(=C)NC1=O)C2=O. The fraction of sp³-hybridized carbons (Fsp3) is 0.346. The van der Waals surface area contributed by atoms with Gasteiger partial charge in [0.25, 0.3) is 5.91 Å². The molecule has 0 spiro atoms. The zero-order valence-corrected chi connectivity index (χ0v) is 18.8. The molecule has 1 atom stereocenters. The van der Waals surface area contributed by atoms with E-state index in [1.165, 1.54) is 11.0 Å². The van der Waals surface area contributed by atoms with Crippen molar-refractivity contribution in [3.05, 3.63) is 76.9 Å². The molecular weight excluding hydrogens is 434 g/mol. The van der Waals surface area contributed by atoms with E-state index in [2.05, 4.69) is 11.9 Å². The molecule has 2 saturated heterocycles. The van der Waals surface area contributed by atoms with Crippen molar-refractivity contribution < 1.29 is 26.6 Å². The Bertz CT molecular complexity index is 1250. The van der Waals surface area contributed by atoms with Gasteiger partial charge in [-0.15, -0.1) is 0 Å². The van der Waals surface area contributed by atoms with Gasteiger partial charge < -0.3 is 24.6 Å². The van der Waals surface area contributed by atoms with Gasteiger partial charge >= 0.3 is 0 Å². The summed E-state index contributed by atoms with van der Waals surface area (Å²) in [7, 11) is 0. The number of piperidine rings is 1. The van der Waals surface area contributed by atoms with E-state index >= 15 is 0 Å². The van der Waals surface area contributed by atoms with Crippen LogP contribution in [0.15, 0.2) is 54.7 Å². The Morgan fingerprint density at radius 3 is 2.74 bits per heavy atom. The van der Waals surface area contributed by atoms with Crippen molar-refractivity contribution in [2.45, 2.75) is 38.6 Å². The van der Waals surface area contributed by atoms with Crippen molar-refractivity contribution in [1.29, 1.82) is 0 Å². The Balaban J connectivity index is 1.30. The Morgan fingerprint density at radius 2 is 1.97 bits per heavy atom. The molecule has 3 amide bonds. The molecule has 0 aliphatic carbocycles. The molecule has 0 radical (unpaired) electrons. The number of amides is 3. The van der Waals surface area contributed by atoms with Gasteiger partial charge in [-0.1, -0.05) is 36.9 Å². The summed E-state index contributed by atoms with van der Waals surface area (Å²) in [4.78, 5) is 40.8. The summed E-state index contributed by atoms with van der Waals surface area (Å²) in [5, 5.41) is 2.70. The number of carbonyl (C=O) groups is 3. The second-order valence-electron chi connectivity index (χ2n) is 8.67. The molecule has 34 heavy (non-hydrogen) atoms. The molecular formula is C26H27N3O5. The maximum atomic E-state index is 13.2. The maximum Gasteiger partial charge on any atom is 0.255 e. The largest absolute Gasteiger partial charge is 0.489 e. The maximum absolute atomic E-state index is 13.2. The van der Waals surface area contributed by atoms with Gasteiger partial charge in [-0.3, -0.25) is 14.4 Å². The fourth-order valence-corrected chi connectivity index (χ4v) is 4.46. The Kier molecular flexibility index (Phi) is 5.42. The molecule has 3 aliphatic heterocycles. The smallest absolute Gasteiger partial charge is 0.255 e. The number of morpholine rings is 1. The lowest BCUT2D eigenvalue weighted by molar-refractivity contribution is -0.143. The number of nitrogens with one attached hydrogen (secondary N) is 1. The van der Waals surface area contributed by atoms with E-state index in [0.29, 0.717) is 43.8 Å². The highest BCUT2D eigenvalue weighted by atomic mass is 16.5. The van der Waals surface area contributed by atoms with Crippen molar-refractivity contribution in [3.8, 4) is 5.75 Å². The van der Waals surface area contributed by atoms with Gasteiger partial charge in [0.1, 0.15) is 25.0 Å². The van der Waals surface area contributed by atoms with Gasteiger partial charge in [-0.2, -0.15) is 0 Å². The Morgan fingerprint density at radius 1 is 1.18 bits per heavy atom. The van der Waals surface area contributed by atoms with Crippen LogP contribution in [0.25, 0.3) is 0 Å². The zero-order valence-electron chi connectivity index (χ0n) is 20.8. The summed E-state index contributed by atoms with van der Waals surface area (Å²) in [6.45, 7) is 5.80. The molecule has 8 heteroatoms. The standard InChI is InChI=1S/C26H27N3O5/c1-17-5-10-22(25(31)27-17)29-14-21-20(26(29)32)3-2-4-23(21)34-15-19-8-6-18(7-9-19)13-28-11-12-33-16-24(28)30/h2-4,6-9,22H,1,5,10-16H2,(H,27,31)/i3D,4D. The minimum Gasteiger partial charge on any atom is -0.489 e. The normalized spacial score (nSPS) is 21.2. The van der Waals surface area contributed by atoms with E-state index in [1.54, 1.807) is 4.90 Å². The summed E-state index contributed by atoms with van der Waals surface area (Å²) < 4.78 is 27.8. The van der Waals surface area contributed by atoms with Crippen LogP contribution in [-0.2, 0) is 34.0 Å². The number of hydrogen-bond donors (Lipinski definition) is 1. The molecule has 3 heterocycles. The van der Waals surface area contributed by atoms with Crippen LogP contribution < -0.4 is 10.1 Å².